The molecule has 0 unspecified atom stereocenters. The van der Waals surface area contributed by atoms with E-state index in [9.17, 15) is 9.59 Å². The highest BCUT2D eigenvalue weighted by Crippen LogP contribution is 2.72. The fraction of sp³-hybridized carbons (Fsp3) is 0.750. The number of hydrogen-bond acceptors (Lipinski definition) is 4. The maximum Gasteiger partial charge on any atom is 0.312 e. The van der Waals surface area contributed by atoms with Crippen molar-refractivity contribution in [2.75, 3.05) is 13.7 Å². The van der Waals surface area contributed by atoms with Crippen LogP contribution in [0, 0.1) is 28.1 Å². The number of methoxy groups -OCH3 is 1. The Morgan fingerprint density at radius 1 is 1.18 bits per heavy atom. The number of hydrogen-bond donors (Lipinski definition) is 0. The highest BCUT2D eigenvalue weighted by Gasteiger charge is 2.71. The highest BCUT2D eigenvalue weighted by molar-refractivity contribution is 6.05. The van der Waals surface area contributed by atoms with E-state index in [1.807, 2.05) is 0 Å². The van der Waals surface area contributed by atoms with Crippen molar-refractivity contribution < 1.29 is 19.1 Å². The van der Waals surface area contributed by atoms with Crippen molar-refractivity contribution >= 4 is 11.8 Å². The normalized spacial score (nSPS) is 47.2. The second kappa shape index (κ2) is 6.29. The molecule has 0 heterocycles. The maximum absolute atomic E-state index is 13.5. The number of ether oxygens (including phenoxy) is 2. The molecule has 0 aromatic heterocycles. The van der Waals surface area contributed by atoms with Crippen LogP contribution in [-0.2, 0) is 19.1 Å². The molecule has 4 aliphatic carbocycles. The van der Waals surface area contributed by atoms with E-state index in [0.717, 1.165) is 51.4 Å². The Hall–Kier alpha value is -1.42. The monoisotopic (exact) mass is 386 g/mol. The molecule has 0 N–H and O–H groups in total. The van der Waals surface area contributed by atoms with Gasteiger partial charge in [-0.25, -0.2) is 0 Å². The summed E-state index contributed by atoms with van der Waals surface area (Å²) in [6, 6.07) is 0. The first-order valence-electron chi connectivity index (χ1n) is 10.8. The summed E-state index contributed by atoms with van der Waals surface area (Å²) >= 11 is 0. The minimum atomic E-state index is -0.480. The zero-order valence-corrected chi connectivity index (χ0v) is 17.6. The second-order valence-electron chi connectivity index (χ2n) is 10.2. The molecule has 4 aliphatic rings. The van der Waals surface area contributed by atoms with E-state index in [1.165, 1.54) is 0 Å². The van der Waals surface area contributed by atoms with Crippen LogP contribution < -0.4 is 0 Å². The van der Waals surface area contributed by atoms with E-state index >= 15 is 0 Å². The molecule has 4 heteroatoms. The minimum Gasteiger partial charge on any atom is -0.461 e. The predicted octanol–water partition coefficient (Wildman–Crippen LogP) is 4.63. The van der Waals surface area contributed by atoms with Crippen LogP contribution >= 0.6 is 0 Å². The average molecular weight is 387 g/mol. The Balaban J connectivity index is 1.72. The number of Topliss-reactive ketones (excluding diaryl/α,β-unsaturated/α-hetero) is 1. The van der Waals surface area contributed by atoms with Crippen molar-refractivity contribution in [3.8, 4) is 0 Å². The van der Waals surface area contributed by atoms with Crippen molar-refractivity contribution in [3.63, 3.8) is 0 Å². The largest absolute Gasteiger partial charge is 0.461 e. The molecule has 154 valence electrons. The van der Waals surface area contributed by atoms with Gasteiger partial charge in [0.1, 0.15) is 6.61 Å². The third kappa shape index (κ3) is 2.27. The van der Waals surface area contributed by atoms with Crippen molar-refractivity contribution in [2.24, 2.45) is 28.1 Å². The lowest BCUT2D eigenvalue weighted by molar-refractivity contribution is -0.191. The average Bonchev–Trinajstić information content (AvgIpc) is 2.84. The third-order valence-corrected chi connectivity index (χ3v) is 9.22. The van der Waals surface area contributed by atoms with Crippen LogP contribution in [0.4, 0.5) is 0 Å². The minimum absolute atomic E-state index is 0.0291. The van der Waals surface area contributed by atoms with Crippen LogP contribution in [0.5, 0.6) is 0 Å². The van der Waals surface area contributed by atoms with Crippen LogP contribution in [0.3, 0.4) is 0 Å². The standard InChI is InChI=1S/C24H34O4/c1-6-14-28-20(26)22(4)11-7-10-21(3)17(22)8-12-23-15-24(27-5,13-9-18(21)23)16(2)19(23)25/h6,17-18H,1-2,7-15H2,3-5H3/t17-,18-,21+,22+,23+,24-/m0/s1. The van der Waals surface area contributed by atoms with Gasteiger partial charge in [0.05, 0.1) is 11.0 Å². The fourth-order valence-corrected chi connectivity index (χ4v) is 7.94. The molecular weight excluding hydrogens is 352 g/mol. The van der Waals surface area contributed by atoms with Gasteiger partial charge in [0, 0.05) is 18.1 Å². The number of ketones is 1. The summed E-state index contributed by atoms with van der Waals surface area (Å²) in [6.07, 6.45) is 8.93. The van der Waals surface area contributed by atoms with Gasteiger partial charge in [-0.1, -0.05) is 32.6 Å². The Kier molecular flexibility index (Phi) is 4.46. The number of rotatable bonds is 4. The lowest BCUT2D eigenvalue weighted by Gasteiger charge is -2.63. The first-order chi connectivity index (χ1) is 13.2. The number of esters is 1. The molecule has 4 saturated carbocycles. The van der Waals surface area contributed by atoms with E-state index in [0.29, 0.717) is 11.5 Å². The molecule has 4 rings (SSSR count). The first-order valence-corrected chi connectivity index (χ1v) is 10.8. The van der Waals surface area contributed by atoms with Crippen molar-refractivity contribution in [1.29, 1.82) is 0 Å². The van der Waals surface area contributed by atoms with Gasteiger partial charge < -0.3 is 9.47 Å². The summed E-state index contributed by atoms with van der Waals surface area (Å²) in [6.45, 7) is 12.5. The molecule has 0 saturated heterocycles. The summed E-state index contributed by atoms with van der Waals surface area (Å²) in [4.78, 5) is 26.5. The maximum atomic E-state index is 13.5. The quantitative estimate of drug-likeness (QED) is 0.401. The van der Waals surface area contributed by atoms with Crippen molar-refractivity contribution in [3.05, 3.63) is 24.8 Å². The zero-order valence-electron chi connectivity index (χ0n) is 17.6. The third-order valence-electron chi connectivity index (χ3n) is 9.22. The summed E-state index contributed by atoms with van der Waals surface area (Å²) in [7, 11) is 1.72. The SMILES string of the molecule is C=CCOC(=O)[C@]1(C)CCC[C@@]2(C)[C@@H]3CC[C@]4(OC)C[C@@]3(CC[C@@H]21)C(=O)C4=C. The number of carbonyl (C=O) groups is 2. The molecule has 0 aromatic rings. The fourth-order valence-electron chi connectivity index (χ4n) is 7.94. The van der Waals surface area contributed by atoms with E-state index in [2.05, 4.69) is 27.0 Å². The number of fused-ring (bicyclic) bond motifs is 3. The molecular formula is C24H34O4. The lowest BCUT2D eigenvalue weighted by atomic mass is 9.40. The van der Waals surface area contributed by atoms with Crippen LogP contribution in [0.25, 0.3) is 0 Å². The Labute approximate surface area is 168 Å². The Morgan fingerprint density at radius 2 is 1.89 bits per heavy atom. The van der Waals surface area contributed by atoms with E-state index in [1.54, 1.807) is 13.2 Å². The predicted molar refractivity (Wildman–Crippen MR) is 108 cm³/mol. The molecule has 0 aliphatic heterocycles. The smallest absolute Gasteiger partial charge is 0.312 e. The van der Waals surface area contributed by atoms with Gasteiger partial charge in [-0.2, -0.15) is 0 Å². The van der Waals surface area contributed by atoms with Crippen LogP contribution in [0.2, 0.25) is 0 Å². The van der Waals surface area contributed by atoms with Crippen molar-refractivity contribution in [1.82, 2.24) is 0 Å². The van der Waals surface area contributed by atoms with Gasteiger partial charge in [0.2, 0.25) is 0 Å². The zero-order chi connectivity index (χ0) is 20.4. The van der Waals surface area contributed by atoms with Crippen LogP contribution in [0.1, 0.15) is 65.2 Å². The molecule has 4 nitrogen and oxygen atoms in total. The van der Waals surface area contributed by atoms with E-state index < -0.39 is 11.0 Å². The topological polar surface area (TPSA) is 52.6 Å². The molecule has 1 spiro atoms. The van der Waals surface area contributed by atoms with Crippen LogP contribution in [0.15, 0.2) is 24.8 Å². The van der Waals surface area contributed by atoms with Crippen molar-refractivity contribution in [2.45, 2.75) is 70.8 Å². The molecule has 28 heavy (non-hydrogen) atoms. The van der Waals surface area contributed by atoms with Crippen LogP contribution in [-0.4, -0.2) is 31.1 Å². The van der Waals surface area contributed by atoms with Gasteiger partial charge in [-0.15, -0.1) is 0 Å². The second-order valence-corrected chi connectivity index (χ2v) is 10.2. The molecule has 0 aromatic carbocycles. The molecule has 6 atom stereocenters. The summed E-state index contributed by atoms with van der Waals surface area (Å²) in [5.41, 5.74) is -0.633. The first kappa shape index (κ1) is 19.9. The van der Waals surface area contributed by atoms with Gasteiger partial charge in [-0.3, -0.25) is 9.59 Å². The Bertz CT molecular complexity index is 741. The summed E-state index contributed by atoms with van der Waals surface area (Å²) in [5.74, 6) is 0.681. The molecule has 0 amide bonds. The van der Waals surface area contributed by atoms with Gasteiger partial charge >= 0.3 is 5.97 Å². The summed E-state index contributed by atoms with van der Waals surface area (Å²) in [5, 5.41) is 0. The molecule has 0 radical (unpaired) electrons. The van der Waals surface area contributed by atoms with E-state index in [4.69, 9.17) is 9.47 Å². The van der Waals surface area contributed by atoms with Gasteiger partial charge in [0.25, 0.3) is 0 Å². The van der Waals surface area contributed by atoms with Gasteiger partial charge in [-0.05, 0) is 69.1 Å². The number of carbonyl (C=O) groups excluding carboxylic acids is 2. The van der Waals surface area contributed by atoms with E-state index in [-0.39, 0.29) is 35.1 Å². The summed E-state index contributed by atoms with van der Waals surface area (Å²) < 4.78 is 11.4. The lowest BCUT2D eigenvalue weighted by Crippen LogP contribution is -2.60. The van der Waals surface area contributed by atoms with Gasteiger partial charge in [0.15, 0.2) is 5.78 Å². The molecule has 4 fully saturated rings. The Morgan fingerprint density at radius 3 is 2.57 bits per heavy atom. The molecule has 2 bridgehead atoms. The highest BCUT2D eigenvalue weighted by atomic mass is 16.5.